The van der Waals surface area contributed by atoms with Gasteiger partial charge in [-0.05, 0) is 37.0 Å². The second kappa shape index (κ2) is 6.00. The third-order valence-corrected chi connectivity index (χ3v) is 10.6. The first-order valence-corrected chi connectivity index (χ1v) is 12.2. The number of carbonyl (C=O) groups is 3. The summed E-state index contributed by atoms with van der Waals surface area (Å²) in [6.07, 6.45) is 7.09. The minimum atomic E-state index is -3.63. The highest BCUT2D eigenvalue weighted by atomic mass is 32.2. The summed E-state index contributed by atoms with van der Waals surface area (Å²) in [4.78, 5) is 39.4. The maximum Gasteiger partial charge on any atom is 0.233 e. The first-order chi connectivity index (χ1) is 13.6. The zero-order valence-corrected chi connectivity index (χ0v) is 17.8. The van der Waals surface area contributed by atoms with Crippen LogP contribution in [0.2, 0.25) is 0 Å². The van der Waals surface area contributed by atoms with Gasteiger partial charge < -0.3 is 0 Å². The Bertz CT molecular complexity index is 907. The molecule has 29 heavy (non-hydrogen) atoms. The summed E-state index contributed by atoms with van der Waals surface area (Å²) >= 11 is 0. The normalized spacial score (nSPS) is 39.3. The fraction of sp³-hybridized carbons (Fsp3) is 0.762. The molecule has 0 aromatic heterocycles. The van der Waals surface area contributed by atoms with Crippen molar-refractivity contribution >= 4 is 27.6 Å². The molecule has 2 amide bonds. The fourth-order valence-electron chi connectivity index (χ4n) is 6.50. The lowest BCUT2D eigenvalue weighted by Crippen LogP contribution is -2.63. The number of carbonyl (C=O) groups excluding carboxylic acids is 3. The molecule has 0 aromatic rings. The molecule has 2 saturated carbocycles. The molecule has 3 aliphatic carbocycles. The molecule has 7 nitrogen and oxygen atoms in total. The predicted molar refractivity (Wildman–Crippen MR) is 105 cm³/mol. The maximum atomic E-state index is 13.1. The van der Waals surface area contributed by atoms with Gasteiger partial charge >= 0.3 is 0 Å². The monoisotopic (exact) mass is 420 g/mol. The Labute approximate surface area is 171 Å². The summed E-state index contributed by atoms with van der Waals surface area (Å²) < 4.78 is 27.6. The van der Waals surface area contributed by atoms with Gasteiger partial charge in [0.2, 0.25) is 21.8 Å². The SMILES string of the molecule is CC1(C)[C@H]2CC[C@@]1(CS(=O)(=O)N1CC(N3C(=O)[C@@H]4CC=CC[C@H]4C3=O)C1)C(=O)C2. The number of Topliss-reactive ketones (excluding diaryl/α,β-unsaturated/α-hetero) is 1. The average molecular weight is 421 g/mol. The van der Waals surface area contributed by atoms with E-state index in [-0.39, 0.29) is 65.7 Å². The summed E-state index contributed by atoms with van der Waals surface area (Å²) in [5.41, 5.74) is -1.09. The minimum Gasteiger partial charge on any atom is -0.299 e. The van der Waals surface area contributed by atoms with E-state index >= 15 is 0 Å². The first-order valence-electron chi connectivity index (χ1n) is 10.6. The van der Waals surface area contributed by atoms with Crippen molar-refractivity contribution in [3.05, 3.63) is 12.2 Å². The molecule has 0 unspecified atom stereocenters. The van der Waals surface area contributed by atoms with Crippen LogP contribution in [0.5, 0.6) is 0 Å². The molecule has 5 aliphatic rings. The van der Waals surface area contributed by atoms with Crippen LogP contribution in [0.15, 0.2) is 12.2 Å². The summed E-state index contributed by atoms with van der Waals surface area (Å²) in [7, 11) is -3.63. The molecular weight excluding hydrogens is 392 g/mol. The number of nitrogens with zero attached hydrogens (tertiary/aromatic N) is 2. The van der Waals surface area contributed by atoms with Crippen molar-refractivity contribution in [2.24, 2.45) is 28.6 Å². The number of hydrogen-bond acceptors (Lipinski definition) is 5. The molecule has 0 N–H and O–H groups in total. The molecule has 0 aromatic carbocycles. The molecule has 158 valence electrons. The topological polar surface area (TPSA) is 91.8 Å². The number of allylic oxidation sites excluding steroid dienone is 2. The van der Waals surface area contributed by atoms with Crippen molar-refractivity contribution in [3.8, 4) is 0 Å². The van der Waals surface area contributed by atoms with Crippen molar-refractivity contribution in [1.82, 2.24) is 9.21 Å². The molecule has 4 atom stereocenters. The summed E-state index contributed by atoms with van der Waals surface area (Å²) in [6, 6.07) is -0.378. The Morgan fingerprint density at radius 2 is 1.62 bits per heavy atom. The largest absolute Gasteiger partial charge is 0.299 e. The molecule has 2 saturated heterocycles. The van der Waals surface area contributed by atoms with Crippen molar-refractivity contribution in [1.29, 1.82) is 0 Å². The number of ketones is 1. The molecule has 0 radical (unpaired) electrons. The van der Waals surface area contributed by atoms with Crippen LogP contribution in [-0.4, -0.2) is 60.1 Å². The Kier molecular flexibility index (Phi) is 4.02. The van der Waals surface area contributed by atoms with Crippen LogP contribution in [-0.2, 0) is 24.4 Å². The first kappa shape index (κ1) is 19.4. The van der Waals surface area contributed by atoms with Crippen LogP contribution >= 0.6 is 0 Å². The van der Waals surface area contributed by atoms with Gasteiger partial charge in [-0.2, -0.15) is 4.31 Å². The molecule has 2 bridgehead atoms. The molecule has 5 rings (SSSR count). The number of likely N-dealkylation sites (tertiary alicyclic amines) is 1. The van der Waals surface area contributed by atoms with Gasteiger partial charge in [-0.1, -0.05) is 26.0 Å². The molecule has 8 heteroatoms. The fourth-order valence-corrected chi connectivity index (χ4v) is 8.78. The van der Waals surface area contributed by atoms with Gasteiger partial charge in [0, 0.05) is 24.9 Å². The quantitative estimate of drug-likeness (QED) is 0.506. The molecule has 2 heterocycles. The standard InChI is InChI=1S/C21H28N2O5S/c1-20(2)13-7-8-21(20,17(24)9-13)12-29(27,28)22-10-14(11-22)23-18(25)15-5-3-4-6-16(15)19(23)26/h3-4,13-16H,5-12H2,1-2H3/t13-,15+,16+,21+/m0/s1. The lowest BCUT2D eigenvalue weighted by Gasteiger charge is -2.44. The van der Waals surface area contributed by atoms with E-state index < -0.39 is 15.4 Å². The van der Waals surface area contributed by atoms with Crippen LogP contribution in [0.4, 0.5) is 0 Å². The van der Waals surface area contributed by atoms with Crippen molar-refractivity contribution in [2.75, 3.05) is 18.8 Å². The lowest BCUT2D eigenvalue weighted by molar-refractivity contribution is -0.145. The summed E-state index contributed by atoms with van der Waals surface area (Å²) in [6.45, 7) is 4.37. The molecular formula is C21H28N2O5S. The van der Waals surface area contributed by atoms with E-state index in [0.29, 0.717) is 25.7 Å². The second-order valence-corrected chi connectivity index (χ2v) is 12.1. The van der Waals surface area contributed by atoms with Gasteiger partial charge in [-0.15, -0.1) is 0 Å². The Hall–Kier alpha value is -1.54. The maximum absolute atomic E-state index is 13.1. The van der Waals surface area contributed by atoms with Crippen LogP contribution in [0.25, 0.3) is 0 Å². The smallest absolute Gasteiger partial charge is 0.233 e. The van der Waals surface area contributed by atoms with Crippen molar-refractivity contribution in [2.45, 2.75) is 52.0 Å². The van der Waals surface area contributed by atoms with E-state index in [9.17, 15) is 22.8 Å². The van der Waals surface area contributed by atoms with E-state index in [1.54, 1.807) is 0 Å². The Morgan fingerprint density at radius 3 is 2.10 bits per heavy atom. The zero-order valence-electron chi connectivity index (χ0n) is 17.0. The summed E-state index contributed by atoms with van der Waals surface area (Å²) in [5, 5.41) is 0. The number of fused-ring (bicyclic) bond motifs is 3. The van der Waals surface area contributed by atoms with Crippen LogP contribution in [0, 0.1) is 28.6 Å². The van der Waals surface area contributed by atoms with Gasteiger partial charge in [0.25, 0.3) is 0 Å². The number of amides is 2. The van der Waals surface area contributed by atoms with Crippen molar-refractivity contribution < 1.29 is 22.8 Å². The lowest BCUT2D eigenvalue weighted by atomic mass is 9.70. The van der Waals surface area contributed by atoms with Crippen LogP contribution < -0.4 is 0 Å². The third kappa shape index (κ3) is 2.45. The molecule has 4 fully saturated rings. The van der Waals surface area contributed by atoms with E-state index in [4.69, 9.17) is 0 Å². The van der Waals surface area contributed by atoms with Crippen LogP contribution in [0.1, 0.15) is 46.0 Å². The van der Waals surface area contributed by atoms with Crippen LogP contribution in [0.3, 0.4) is 0 Å². The van der Waals surface area contributed by atoms with Crippen molar-refractivity contribution in [3.63, 3.8) is 0 Å². The van der Waals surface area contributed by atoms with Gasteiger partial charge in [-0.3, -0.25) is 19.3 Å². The number of sulfonamides is 1. The molecule has 2 aliphatic heterocycles. The van der Waals surface area contributed by atoms with Gasteiger partial charge in [0.05, 0.1) is 23.6 Å². The number of rotatable bonds is 4. The minimum absolute atomic E-state index is 0.0841. The molecule has 0 spiro atoms. The van der Waals surface area contributed by atoms with E-state index in [0.717, 1.165) is 6.42 Å². The Morgan fingerprint density at radius 1 is 1.03 bits per heavy atom. The highest BCUT2D eigenvalue weighted by Gasteiger charge is 2.66. The highest BCUT2D eigenvalue weighted by Crippen LogP contribution is 2.64. The third-order valence-electron chi connectivity index (χ3n) is 8.70. The number of imide groups is 1. The number of hydrogen-bond donors (Lipinski definition) is 0. The Balaban J connectivity index is 1.29. The second-order valence-electron chi connectivity index (χ2n) is 10.1. The van der Waals surface area contributed by atoms with Gasteiger partial charge in [-0.25, -0.2) is 8.42 Å². The zero-order chi connectivity index (χ0) is 20.8. The van der Waals surface area contributed by atoms with Gasteiger partial charge in [0.1, 0.15) is 5.78 Å². The van der Waals surface area contributed by atoms with E-state index in [1.807, 2.05) is 26.0 Å². The van der Waals surface area contributed by atoms with Gasteiger partial charge in [0.15, 0.2) is 0 Å². The van der Waals surface area contributed by atoms with E-state index in [2.05, 4.69) is 0 Å². The predicted octanol–water partition coefficient (Wildman–Crippen LogP) is 1.35. The average Bonchev–Trinajstić information content (AvgIpc) is 3.08. The highest BCUT2D eigenvalue weighted by molar-refractivity contribution is 7.89. The van der Waals surface area contributed by atoms with E-state index in [1.165, 1.54) is 9.21 Å². The summed E-state index contributed by atoms with van der Waals surface area (Å²) in [5.74, 6) is -0.682.